The van der Waals surface area contributed by atoms with Crippen LogP contribution in [0.1, 0.15) is 16.1 Å². The maximum absolute atomic E-state index is 11.2. The minimum absolute atomic E-state index is 0.198. The third kappa shape index (κ3) is 2.87. The number of rotatable bonds is 3. The topological polar surface area (TPSA) is 108 Å². The van der Waals surface area contributed by atoms with Crippen LogP contribution in [0, 0.1) is 6.92 Å². The molecule has 2 aromatic heterocycles. The Bertz CT molecular complexity index is 860. The van der Waals surface area contributed by atoms with E-state index in [1.54, 1.807) is 36.7 Å². The van der Waals surface area contributed by atoms with Crippen LogP contribution >= 0.6 is 0 Å². The maximum Gasteiger partial charge on any atom is 0.248 e. The Balaban J connectivity index is 2.20. The summed E-state index contributed by atoms with van der Waals surface area (Å²) in [6, 6.07) is 10.7. The zero-order chi connectivity index (χ0) is 16.4. The summed E-state index contributed by atoms with van der Waals surface area (Å²) in [5, 5.41) is 0. The second-order valence-corrected chi connectivity index (χ2v) is 5.07. The van der Waals surface area contributed by atoms with E-state index >= 15 is 0 Å². The van der Waals surface area contributed by atoms with Crippen molar-refractivity contribution in [1.29, 1.82) is 0 Å². The second-order valence-electron chi connectivity index (χ2n) is 5.07. The van der Waals surface area contributed by atoms with E-state index in [2.05, 4.69) is 15.0 Å². The zero-order valence-corrected chi connectivity index (χ0v) is 12.5. The van der Waals surface area contributed by atoms with Crippen LogP contribution in [0.4, 0.5) is 5.95 Å². The Kier molecular flexibility index (Phi) is 3.72. The SMILES string of the molecule is Cc1nc(N)nc(-c2ccc(C(N)=O)cc2)c1-c1cccnc1. The molecule has 0 radical (unpaired) electrons. The van der Waals surface area contributed by atoms with Gasteiger partial charge in [-0.2, -0.15) is 0 Å². The highest BCUT2D eigenvalue weighted by molar-refractivity contribution is 5.93. The van der Waals surface area contributed by atoms with Crippen molar-refractivity contribution in [1.82, 2.24) is 15.0 Å². The number of anilines is 1. The summed E-state index contributed by atoms with van der Waals surface area (Å²) in [6.45, 7) is 1.88. The van der Waals surface area contributed by atoms with Gasteiger partial charge >= 0.3 is 0 Å². The standard InChI is InChI=1S/C17H15N5O/c1-10-14(13-3-2-8-20-9-13)15(22-17(19)21-10)11-4-6-12(7-5-11)16(18)23/h2-9H,1H3,(H2,18,23)(H2,19,21,22). The molecule has 0 spiro atoms. The second kappa shape index (κ2) is 5.84. The van der Waals surface area contributed by atoms with Crippen LogP contribution in [0.3, 0.4) is 0 Å². The van der Waals surface area contributed by atoms with Crippen LogP contribution in [0.15, 0.2) is 48.8 Å². The van der Waals surface area contributed by atoms with Crippen molar-refractivity contribution in [3.63, 3.8) is 0 Å². The fourth-order valence-corrected chi connectivity index (χ4v) is 2.45. The fourth-order valence-electron chi connectivity index (χ4n) is 2.45. The molecule has 0 aliphatic carbocycles. The number of hydrogen-bond acceptors (Lipinski definition) is 5. The van der Waals surface area contributed by atoms with Crippen LogP contribution in [-0.4, -0.2) is 20.9 Å². The van der Waals surface area contributed by atoms with E-state index in [1.165, 1.54) is 0 Å². The third-order valence-corrected chi connectivity index (χ3v) is 3.50. The molecule has 0 saturated carbocycles. The lowest BCUT2D eigenvalue weighted by Gasteiger charge is -2.12. The maximum atomic E-state index is 11.2. The van der Waals surface area contributed by atoms with E-state index in [0.29, 0.717) is 11.3 Å². The molecule has 1 aromatic carbocycles. The van der Waals surface area contributed by atoms with Crippen LogP contribution in [0.5, 0.6) is 0 Å². The van der Waals surface area contributed by atoms with Gasteiger partial charge in [-0.25, -0.2) is 9.97 Å². The average molecular weight is 305 g/mol. The summed E-state index contributed by atoms with van der Waals surface area (Å²) in [5.41, 5.74) is 15.6. The number of nitrogen functional groups attached to an aromatic ring is 1. The highest BCUT2D eigenvalue weighted by Crippen LogP contribution is 2.32. The zero-order valence-electron chi connectivity index (χ0n) is 12.5. The molecular weight excluding hydrogens is 290 g/mol. The molecule has 0 aliphatic rings. The molecule has 0 fully saturated rings. The Morgan fingerprint density at radius 1 is 1.04 bits per heavy atom. The third-order valence-electron chi connectivity index (χ3n) is 3.50. The number of nitrogens with zero attached hydrogens (tertiary/aromatic N) is 3. The Morgan fingerprint density at radius 3 is 2.39 bits per heavy atom. The van der Waals surface area contributed by atoms with Crippen molar-refractivity contribution in [2.75, 3.05) is 5.73 Å². The molecule has 0 atom stereocenters. The number of aromatic nitrogens is 3. The van der Waals surface area contributed by atoms with Crippen molar-refractivity contribution in [3.8, 4) is 22.4 Å². The van der Waals surface area contributed by atoms with Gasteiger partial charge < -0.3 is 11.5 Å². The lowest BCUT2D eigenvalue weighted by molar-refractivity contribution is 0.100. The van der Waals surface area contributed by atoms with Crippen molar-refractivity contribution in [2.45, 2.75) is 6.92 Å². The monoisotopic (exact) mass is 305 g/mol. The fraction of sp³-hybridized carbons (Fsp3) is 0.0588. The first kappa shape index (κ1) is 14.6. The smallest absolute Gasteiger partial charge is 0.248 e. The number of hydrogen-bond donors (Lipinski definition) is 2. The number of primary amides is 1. The molecule has 3 rings (SSSR count). The first-order valence-corrected chi connectivity index (χ1v) is 7.01. The Hall–Kier alpha value is -3.28. The van der Waals surface area contributed by atoms with E-state index in [-0.39, 0.29) is 5.95 Å². The van der Waals surface area contributed by atoms with Gasteiger partial charge in [-0.1, -0.05) is 18.2 Å². The van der Waals surface area contributed by atoms with E-state index in [1.807, 2.05) is 19.1 Å². The number of benzene rings is 1. The largest absolute Gasteiger partial charge is 0.368 e. The molecule has 3 aromatic rings. The molecule has 6 nitrogen and oxygen atoms in total. The predicted octanol–water partition coefficient (Wildman–Crippen LogP) is 2.20. The van der Waals surface area contributed by atoms with Gasteiger partial charge in [-0.15, -0.1) is 0 Å². The summed E-state index contributed by atoms with van der Waals surface area (Å²) in [7, 11) is 0. The van der Waals surface area contributed by atoms with Gasteiger partial charge in [-0.05, 0) is 25.1 Å². The molecule has 4 N–H and O–H groups in total. The molecule has 2 heterocycles. The number of carbonyl (C=O) groups excluding carboxylic acids is 1. The molecule has 6 heteroatoms. The van der Waals surface area contributed by atoms with Crippen LogP contribution < -0.4 is 11.5 Å². The minimum Gasteiger partial charge on any atom is -0.368 e. The first-order chi connectivity index (χ1) is 11.1. The Morgan fingerprint density at radius 2 is 1.78 bits per heavy atom. The molecule has 0 aliphatic heterocycles. The van der Waals surface area contributed by atoms with Gasteiger partial charge in [0.25, 0.3) is 0 Å². The minimum atomic E-state index is -0.470. The van der Waals surface area contributed by atoms with Gasteiger partial charge in [0.15, 0.2) is 0 Å². The highest BCUT2D eigenvalue weighted by atomic mass is 16.1. The molecule has 0 saturated heterocycles. The molecule has 0 unspecified atom stereocenters. The summed E-state index contributed by atoms with van der Waals surface area (Å²) < 4.78 is 0. The molecule has 23 heavy (non-hydrogen) atoms. The van der Waals surface area contributed by atoms with Crippen molar-refractivity contribution in [3.05, 3.63) is 60.0 Å². The van der Waals surface area contributed by atoms with Crippen molar-refractivity contribution >= 4 is 11.9 Å². The number of amides is 1. The van der Waals surface area contributed by atoms with E-state index in [9.17, 15) is 4.79 Å². The summed E-state index contributed by atoms with van der Waals surface area (Å²) in [4.78, 5) is 24.0. The van der Waals surface area contributed by atoms with Crippen LogP contribution in [0.2, 0.25) is 0 Å². The van der Waals surface area contributed by atoms with Crippen molar-refractivity contribution < 1.29 is 4.79 Å². The number of aryl methyl sites for hydroxylation is 1. The molecular formula is C17H15N5O. The number of carbonyl (C=O) groups is 1. The normalized spacial score (nSPS) is 10.5. The summed E-state index contributed by atoms with van der Waals surface area (Å²) >= 11 is 0. The van der Waals surface area contributed by atoms with E-state index in [0.717, 1.165) is 22.4 Å². The predicted molar refractivity (Wildman–Crippen MR) is 88.4 cm³/mol. The van der Waals surface area contributed by atoms with Gasteiger partial charge in [0.1, 0.15) is 0 Å². The van der Waals surface area contributed by atoms with Crippen LogP contribution in [0.25, 0.3) is 22.4 Å². The Labute approximate surface area is 133 Å². The van der Waals surface area contributed by atoms with Crippen LogP contribution in [-0.2, 0) is 0 Å². The summed E-state index contributed by atoms with van der Waals surface area (Å²) in [5.74, 6) is -0.272. The first-order valence-electron chi connectivity index (χ1n) is 7.01. The van der Waals surface area contributed by atoms with E-state index in [4.69, 9.17) is 11.5 Å². The number of nitrogens with two attached hydrogens (primary N) is 2. The molecule has 1 amide bonds. The lowest BCUT2D eigenvalue weighted by atomic mass is 9.98. The highest BCUT2D eigenvalue weighted by Gasteiger charge is 2.15. The van der Waals surface area contributed by atoms with Gasteiger partial charge in [-0.3, -0.25) is 9.78 Å². The van der Waals surface area contributed by atoms with Crippen molar-refractivity contribution in [2.24, 2.45) is 5.73 Å². The van der Waals surface area contributed by atoms with Gasteiger partial charge in [0, 0.05) is 34.6 Å². The molecule has 114 valence electrons. The summed E-state index contributed by atoms with van der Waals surface area (Å²) in [6.07, 6.45) is 3.46. The number of pyridine rings is 1. The quantitative estimate of drug-likeness (QED) is 0.771. The van der Waals surface area contributed by atoms with Gasteiger partial charge in [0.05, 0.1) is 11.4 Å². The van der Waals surface area contributed by atoms with Gasteiger partial charge in [0.2, 0.25) is 11.9 Å². The lowest BCUT2D eigenvalue weighted by Crippen LogP contribution is -2.10. The molecule has 0 bridgehead atoms. The average Bonchev–Trinajstić information content (AvgIpc) is 2.55. The van der Waals surface area contributed by atoms with E-state index < -0.39 is 5.91 Å².